The van der Waals surface area contributed by atoms with Crippen LogP contribution in [0.15, 0.2) is 60.7 Å². The number of hydrogen-bond acceptors (Lipinski definition) is 5. The average molecular weight is 426 g/mol. The maximum Gasteiger partial charge on any atom is 0.218 e. The molecule has 1 N–H and O–H groups in total. The molecule has 1 aromatic heterocycles. The Morgan fingerprint density at radius 3 is 2.30 bits per heavy atom. The van der Waals surface area contributed by atoms with E-state index in [1.807, 2.05) is 55.5 Å². The minimum atomic E-state index is -3.45. The molecule has 0 bridgehead atoms. The van der Waals surface area contributed by atoms with Crippen molar-refractivity contribution in [1.29, 1.82) is 0 Å². The summed E-state index contributed by atoms with van der Waals surface area (Å²) in [5.41, 5.74) is 1.99. The first kappa shape index (κ1) is 20.7. The van der Waals surface area contributed by atoms with Gasteiger partial charge in [-0.3, -0.25) is 10.00 Å². The van der Waals surface area contributed by atoms with Crippen LogP contribution in [0.2, 0.25) is 0 Å². The zero-order chi connectivity index (χ0) is 21.0. The van der Waals surface area contributed by atoms with Gasteiger partial charge in [-0.05, 0) is 24.5 Å². The molecule has 7 nitrogen and oxygen atoms in total. The largest absolute Gasteiger partial charge is 0.288 e. The number of rotatable bonds is 6. The molecular formula is C22H27N5O2S. The number of sulfonamides is 1. The zero-order valence-electron chi connectivity index (χ0n) is 17.1. The molecule has 4 rings (SSSR count). The van der Waals surface area contributed by atoms with Gasteiger partial charge in [0, 0.05) is 26.2 Å². The second kappa shape index (κ2) is 9.07. The minimum absolute atomic E-state index is 0.00622. The molecule has 1 unspecified atom stereocenters. The van der Waals surface area contributed by atoms with Crippen molar-refractivity contribution in [3.05, 3.63) is 83.4 Å². The molecule has 1 aliphatic heterocycles. The first-order valence-corrected chi connectivity index (χ1v) is 11.8. The van der Waals surface area contributed by atoms with Crippen molar-refractivity contribution in [3.8, 4) is 0 Å². The molecule has 1 atom stereocenters. The molecule has 1 fully saturated rings. The van der Waals surface area contributed by atoms with E-state index in [0.29, 0.717) is 18.9 Å². The fourth-order valence-corrected chi connectivity index (χ4v) is 5.47. The highest BCUT2D eigenvalue weighted by molar-refractivity contribution is 7.88. The van der Waals surface area contributed by atoms with Gasteiger partial charge in [0.15, 0.2) is 5.82 Å². The van der Waals surface area contributed by atoms with Gasteiger partial charge in [0.05, 0.1) is 11.8 Å². The van der Waals surface area contributed by atoms with Crippen LogP contribution in [0.4, 0.5) is 0 Å². The Hall–Kier alpha value is -2.55. The zero-order valence-corrected chi connectivity index (χ0v) is 17.9. The van der Waals surface area contributed by atoms with Gasteiger partial charge >= 0.3 is 0 Å². The third-order valence-corrected chi connectivity index (χ3v) is 7.21. The van der Waals surface area contributed by atoms with Crippen molar-refractivity contribution in [2.75, 3.05) is 19.6 Å². The van der Waals surface area contributed by atoms with Gasteiger partial charge in [0.2, 0.25) is 10.0 Å². The minimum Gasteiger partial charge on any atom is -0.288 e. The average Bonchev–Trinajstić information content (AvgIpc) is 3.05. The van der Waals surface area contributed by atoms with Gasteiger partial charge in [-0.25, -0.2) is 13.4 Å². The lowest BCUT2D eigenvalue weighted by Gasteiger charge is -2.29. The summed E-state index contributed by atoms with van der Waals surface area (Å²) in [6, 6.07) is 19.4. The van der Waals surface area contributed by atoms with E-state index in [9.17, 15) is 8.42 Å². The normalized spacial score (nSPS) is 18.9. The van der Waals surface area contributed by atoms with Crippen LogP contribution in [-0.2, 0) is 22.3 Å². The SMILES string of the molecule is Cc1nc(C2CN(S(=O)(=O)Cc3ccccc3)CCCN2Cc2ccccc2)n[nH]1. The van der Waals surface area contributed by atoms with Gasteiger partial charge in [0.25, 0.3) is 0 Å². The first-order valence-electron chi connectivity index (χ1n) is 10.2. The van der Waals surface area contributed by atoms with Crippen LogP contribution < -0.4 is 0 Å². The lowest BCUT2D eigenvalue weighted by molar-refractivity contribution is 0.184. The van der Waals surface area contributed by atoms with E-state index in [-0.39, 0.29) is 11.8 Å². The summed E-state index contributed by atoms with van der Waals surface area (Å²) >= 11 is 0. The van der Waals surface area contributed by atoms with Crippen molar-refractivity contribution in [2.45, 2.75) is 31.7 Å². The molecule has 0 saturated carbocycles. The Labute approximate surface area is 177 Å². The molecule has 0 amide bonds. The van der Waals surface area contributed by atoms with Crippen molar-refractivity contribution in [3.63, 3.8) is 0 Å². The fraction of sp³-hybridized carbons (Fsp3) is 0.364. The number of aromatic amines is 1. The van der Waals surface area contributed by atoms with Crippen molar-refractivity contribution in [1.82, 2.24) is 24.4 Å². The predicted octanol–water partition coefficient (Wildman–Crippen LogP) is 2.89. The smallest absolute Gasteiger partial charge is 0.218 e. The van der Waals surface area contributed by atoms with Gasteiger partial charge in [-0.1, -0.05) is 60.7 Å². The molecule has 1 aliphatic rings. The van der Waals surface area contributed by atoms with E-state index in [1.54, 1.807) is 4.31 Å². The maximum absolute atomic E-state index is 13.2. The number of H-pyrrole nitrogens is 1. The van der Waals surface area contributed by atoms with Crippen LogP contribution in [0.1, 0.15) is 35.2 Å². The van der Waals surface area contributed by atoms with Crippen LogP contribution in [0.3, 0.4) is 0 Å². The van der Waals surface area contributed by atoms with Gasteiger partial charge < -0.3 is 0 Å². The number of nitrogens with one attached hydrogen (secondary N) is 1. The van der Waals surface area contributed by atoms with Crippen molar-refractivity contribution < 1.29 is 8.42 Å². The van der Waals surface area contributed by atoms with Crippen LogP contribution in [0.5, 0.6) is 0 Å². The summed E-state index contributed by atoms with van der Waals surface area (Å²) in [6.45, 7) is 4.22. The number of hydrogen-bond donors (Lipinski definition) is 1. The number of benzene rings is 2. The lowest BCUT2D eigenvalue weighted by Crippen LogP contribution is -2.38. The van der Waals surface area contributed by atoms with E-state index >= 15 is 0 Å². The molecule has 8 heteroatoms. The van der Waals surface area contributed by atoms with E-state index in [1.165, 1.54) is 5.56 Å². The summed E-state index contributed by atoms with van der Waals surface area (Å²) in [7, 11) is -3.45. The fourth-order valence-electron chi connectivity index (χ4n) is 3.90. The molecule has 0 spiro atoms. The Bertz CT molecular complexity index is 1050. The Morgan fingerprint density at radius 1 is 1.00 bits per heavy atom. The molecule has 0 radical (unpaired) electrons. The standard InChI is InChI=1S/C22H27N5O2S/c1-18-23-22(25-24-18)21-16-27(30(28,29)17-20-11-6-3-7-12-20)14-8-13-26(21)15-19-9-4-2-5-10-19/h2-7,9-12,21H,8,13-17H2,1H3,(H,23,24,25). The third-order valence-electron chi connectivity index (χ3n) is 5.40. The van der Waals surface area contributed by atoms with Crippen LogP contribution in [-0.4, -0.2) is 52.4 Å². The predicted molar refractivity (Wildman–Crippen MR) is 116 cm³/mol. The summed E-state index contributed by atoms with van der Waals surface area (Å²) in [5, 5.41) is 7.28. The number of aromatic nitrogens is 3. The van der Waals surface area contributed by atoms with Crippen LogP contribution in [0.25, 0.3) is 0 Å². The highest BCUT2D eigenvalue weighted by Gasteiger charge is 2.34. The molecule has 1 saturated heterocycles. The van der Waals surface area contributed by atoms with E-state index in [2.05, 4.69) is 32.2 Å². The lowest BCUT2D eigenvalue weighted by atomic mass is 10.1. The van der Waals surface area contributed by atoms with Crippen molar-refractivity contribution in [2.24, 2.45) is 0 Å². The molecule has 158 valence electrons. The molecule has 0 aliphatic carbocycles. The molecular weight excluding hydrogens is 398 g/mol. The monoisotopic (exact) mass is 425 g/mol. The van der Waals surface area contributed by atoms with Crippen LogP contribution >= 0.6 is 0 Å². The van der Waals surface area contributed by atoms with E-state index in [0.717, 1.165) is 30.9 Å². The number of nitrogens with zero attached hydrogens (tertiary/aromatic N) is 4. The second-order valence-corrected chi connectivity index (χ2v) is 9.67. The molecule has 3 aromatic rings. The first-order chi connectivity index (χ1) is 14.5. The molecule has 2 heterocycles. The third kappa shape index (κ3) is 4.95. The van der Waals surface area contributed by atoms with E-state index in [4.69, 9.17) is 0 Å². The summed E-state index contributed by atoms with van der Waals surface area (Å²) < 4.78 is 28.0. The Morgan fingerprint density at radius 2 is 1.67 bits per heavy atom. The number of aryl methyl sites for hydroxylation is 1. The molecule has 2 aromatic carbocycles. The highest BCUT2D eigenvalue weighted by atomic mass is 32.2. The molecule has 30 heavy (non-hydrogen) atoms. The van der Waals surface area contributed by atoms with E-state index < -0.39 is 10.0 Å². The summed E-state index contributed by atoms with van der Waals surface area (Å²) in [6.07, 6.45) is 0.765. The van der Waals surface area contributed by atoms with Gasteiger partial charge in [-0.15, -0.1) is 0 Å². The second-order valence-electron chi connectivity index (χ2n) is 7.70. The van der Waals surface area contributed by atoms with Gasteiger partial charge in [-0.2, -0.15) is 9.40 Å². The maximum atomic E-state index is 13.2. The quantitative estimate of drug-likeness (QED) is 0.657. The van der Waals surface area contributed by atoms with Crippen molar-refractivity contribution >= 4 is 10.0 Å². The Kier molecular flexibility index (Phi) is 6.26. The van der Waals surface area contributed by atoms with Crippen LogP contribution in [0, 0.1) is 6.92 Å². The summed E-state index contributed by atoms with van der Waals surface area (Å²) in [4.78, 5) is 6.83. The summed E-state index contributed by atoms with van der Waals surface area (Å²) in [5.74, 6) is 1.38. The Balaban J connectivity index is 1.60. The highest BCUT2D eigenvalue weighted by Crippen LogP contribution is 2.27. The topological polar surface area (TPSA) is 82.2 Å². The van der Waals surface area contributed by atoms with Gasteiger partial charge in [0.1, 0.15) is 5.82 Å².